The standard InChI is InChI=1S/C12H17N/c1-3-5-11-10(4-2)8-13-9-12(11)6-7-12/h3-5,13H,1,6-9H2,2H3/b10-4-,11-5+. The molecule has 0 aromatic heterocycles. The summed E-state index contributed by atoms with van der Waals surface area (Å²) in [5.41, 5.74) is 3.47. The highest BCUT2D eigenvalue weighted by Crippen LogP contribution is 2.55. The van der Waals surface area contributed by atoms with E-state index < -0.39 is 0 Å². The minimum atomic E-state index is 0.480. The molecule has 1 saturated carbocycles. The molecule has 1 N–H and O–H groups in total. The lowest BCUT2D eigenvalue weighted by Crippen LogP contribution is -2.34. The van der Waals surface area contributed by atoms with Gasteiger partial charge in [0.1, 0.15) is 0 Å². The number of hydrogen-bond donors (Lipinski definition) is 1. The molecular formula is C12H17N. The molecule has 0 bridgehead atoms. The first-order valence-corrected chi connectivity index (χ1v) is 5.02. The van der Waals surface area contributed by atoms with Gasteiger partial charge in [-0.1, -0.05) is 24.8 Å². The van der Waals surface area contributed by atoms with Crippen LogP contribution in [0, 0.1) is 5.41 Å². The first-order chi connectivity index (χ1) is 6.32. The second kappa shape index (κ2) is 3.15. The SMILES string of the molecule is C=C/C=C1\C(=C/C)CNCC12CC2. The van der Waals surface area contributed by atoms with Gasteiger partial charge in [-0.2, -0.15) is 0 Å². The quantitative estimate of drug-likeness (QED) is 0.645. The molecule has 0 atom stereocenters. The van der Waals surface area contributed by atoms with Gasteiger partial charge in [0.15, 0.2) is 0 Å². The number of nitrogens with one attached hydrogen (secondary N) is 1. The molecule has 0 aromatic rings. The molecule has 1 saturated heterocycles. The molecule has 1 spiro atoms. The molecule has 70 valence electrons. The Morgan fingerprint density at radius 1 is 1.46 bits per heavy atom. The summed E-state index contributed by atoms with van der Waals surface area (Å²) in [6.45, 7) is 8.10. The fourth-order valence-electron chi connectivity index (χ4n) is 2.22. The van der Waals surface area contributed by atoms with Gasteiger partial charge >= 0.3 is 0 Å². The molecule has 13 heavy (non-hydrogen) atoms. The smallest absolute Gasteiger partial charge is 0.0205 e. The lowest BCUT2D eigenvalue weighted by Gasteiger charge is -2.28. The minimum Gasteiger partial charge on any atom is -0.312 e. The molecule has 0 radical (unpaired) electrons. The van der Waals surface area contributed by atoms with Crippen LogP contribution in [0.5, 0.6) is 0 Å². The van der Waals surface area contributed by atoms with Crippen LogP contribution in [0.1, 0.15) is 19.8 Å². The molecule has 2 rings (SSSR count). The third kappa shape index (κ3) is 1.37. The number of allylic oxidation sites excluding steroid dienone is 3. The van der Waals surface area contributed by atoms with Crippen molar-refractivity contribution in [1.29, 1.82) is 0 Å². The van der Waals surface area contributed by atoms with E-state index in [1.54, 1.807) is 0 Å². The van der Waals surface area contributed by atoms with Gasteiger partial charge < -0.3 is 5.32 Å². The zero-order valence-corrected chi connectivity index (χ0v) is 8.27. The second-order valence-electron chi connectivity index (χ2n) is 4.01. The van der Waals surface area contributed by atoms with Crippen LogP contribution < -0.4 is 5.32 Å². The maximum Gasteiger partial charge on any atom is 0.0205 e. The van der Waals surface area contributed by atoms with Crippen LogP contribution in [-0.2, 0) is 0 Å². The van der Waals surface area contributed by atoms with Gasteiger partial charge in [-0.25, -0.2) is 0 Å². The predicted molar refractivity (Wildman–Crippen MR) is 56.6 cm³/mol. The van der Waals surface area contributed by atoms with Crippen molar-refractivity contribution in [2.24, 2.45) is 5.41 Å². The van der Waals surface area contributed by atoms with Crippen molar-refractivity contribution in [3.63, 3.8) is 0 Å². The van der Waals surface area contributed by atoms with Crippen molar-refractivity contribution in [3.05, 3.63) is 36.0 Å². The van der Waals surface area contributed by atoms with E-state index in [1.807, 2.05) is 6.08 Å². The molecule has 1 aliphatic carbocycles. The summed E-state index contributed by atoms with van der Waals surface area (Å²) in [5.74, 6) is 0. The fourth-order valence-corrected chi connectivity index (χ4v) is 2.22. The summed E-state index contributed by atoms with van der Waals surface area (Å²) in [6.07, 6.45) is 9.03. The van der Waals surface area contributed by atoms with E-state index in [1.165, 1.54) is 24.0 Å². The molecule has 1 heterocycles. The maximum atomic E-state index is 3.79. The van der Waals surface area contributed by atoms with Gasteiger partial charge in [0, 0.05) is 18.5 Å². The van der Waals surface area contributed by atoms with Gasteiger partial charge in [0.05, 0.1) is 0 Å². The van der Waals surface area contributed by atoms with E-state index in [0.29, 0.717) is 5.41 Å². The second-order valence-corrected chi connectivity index (χ2v) is 4.01. The molecule has 1 heteroatoms. The Labute approximate surface area is 80.2 Å². The molecule has 0 unspecified atom stereocenters. The Balaban J connectivity index is 2.32. The zero-order chi connectivity index (χ0) is 9.31. The molecule has 2 aliphatic rings. The minimum absolute atomic E-state index is 0.480. The van der Waals surface area contributed by atoms with Crippen molar-refractivity contribution < 1.29 is 0 Å². The fraction of sp³-hybridized carbons (Fsp3) is 0.500. The number of hydrogen-bond acceptors (Lipinski definition) is 1. The first kappa shape index (κ1) is 8.76. The van der Waals surface area contributed by atoms with E-state index in [2.05, 4.69) is 31.0 Å². The molecule has 1 nitrogen and oxygen atoms in total. The van der Waals surface area contributed by atoms with Gasteiger partial charge in [-0.05, 0) is 30.9 Å². The van der Waals surface area contributed by atoms with E-state index in [-0.39, 0.29) is 0 Å². The first-order valence-electron chi connectivity index (χ1n) is 5.02. The summed E-state index contributed by atoms with van der Waals surface area (Å²) >= 11 is 0. The third-order valence-electron chi connectivity index (χ3n) is 3.18. The molecule has 2 fully saturated rings. The normalized spacial score (nSPS) is 31.2. The van der Waals surface area contributed by atoms with Crippen molar-refractivity contribution in [2.75, 3.05) is 13.1 Å². The van der Waals surface area contributed by atoms with Gasteiger partial charge in [-0.15, -0.1) is 0 Å². The van der Waals surface area contributed by atoms with Crippen molar-refractivity contribution in [3.8, 4) is 0 Å². The molecule has 0 aromatic carbocycles. The average Bonchev–Trinajstić information content (AvgIpc) is 2.90. The van der Waals surface area contributed by atoms with Crippen LogP contribution in [0.4, 0.5) is 0 Å². The van der Waals surface area contributed by atoms with E-state index in [9.17, 15) is 0 Å². The summed E-state index contributed by atoms with van der Waals surface area (Å²) in [6, 6.07) is 0. The largest absolute Gasteiger partial charge is 0.312 e. The van der Waals surface area contributed by atoms with Gasteiger partial charge in [0.25, 0.3) is 0 Å². The zero-order valence-electron chi connectivity index (χ0n) is 8.27. The van der Waals surface area contributed by atoms with Crippen LogP contribution in [0.3, 0.4) is 0 Å². The van der Waals surface area contributed by atoms with E-state index in [0.717, 1.165) is 13.1 Å². The topological polar surface area (TPSA) is 12.0 Å². The van der Waals surface area contributed by atoms with Crippen molar-refractivity contribution in [1.82, 2.24) is 5.32 Å². The Bertz CT molecular complexity index is 279. The lowest BCUT2D eigenvalue weighted by molar-refractivity contribution is 0.505. The maximum absolute atomic E-state index is 3.79. The summed E-state index contributed by atoms with van der Waals surface area (Å²) < 4.78 is 0. The monoisotopic (exact) mass is 175 g/mol. The van der Waals surface area contributed by atoms with Crippen LogP contribution in [0.25, 0.3) is 0 Å². The molecule has 0 amide bonds. The Morgan fingerprint density at radius 3 is 2.77 bits per heavy atom. The Morgan fingerprint density at radius 2 is 2.23 bits per heavy atom. The van der Waals surface area contributed by atoms with E-state index in [4.69, 9.17) is 0 Å². The van der Waals surface area contributed by atoms with Crippen LogP contribution in [0.2, 0.25) is 0 Å². The Kier molecular flexibility index (Phi) is 2.12. The van der Waals surface area contributed by atoms with Crippen molar-refractivity contribution in [2.45, 2.75) is 19.8 Å². The van der Waals surface area contributed by atoms with Crippen LogP contribution in [-0.4, -0.2) is 13.1 Å². The van der Waals surface area contributed by atoms with Crippen LogP contribution >= 0.6 is 0 Å². The van der Waals surface area contributed by atoms with Gasteiger partial charge in [-0.3, -0.25) is 0 Å². The van der Waals surface area contributed by atoms with Crippen molar-refractivity contribution >= 4 is 0 Å². The third-order valence-corrected chi connectivity index (χ3v) is 3.18. The number of piperidine rings is 1. The summed E-state index contributed by atoms with van der Waals surface area (Å²) in [4.78, 5) is 0. The number of rotatable bonds is 1. The lowest BCUT2D eigenvalue weighted by atomic mass is 9.85. The highest BCUT2D eigenvalue weighted by atomic mass is 14.9. The van der Waals surface area contributed by atoms with E-state index >= 15 is 0 Å². The molecule has 1 aliphatic heterocycles. The van der Waals surface area contributed by atoms with Crippen LogP contribution in [0.15, 0.2) is 36.0 Å². The predicted octanol–water partition coefficient (Wildman–Crippen LogP) is 2.43. The highest BCUT2D eigenvalue weighted by Gasteiger charge is 2.47. The molecular weight excluding hydrogens is 158 g/mol. The highest BCUT2D eigenvalue weighted by molar-refractivity contribution is 5.45. The Hall–Kier alpha value is -0.820. The summed E-state index contributed by atoms with van der Waals surface area (Å²) in [5, 5.41) is 3.48. The average molecular weight is 175 g/mol. The summed E-state index contributed by atoms with van der Waals surface area (Å²) in [7, 11) is 0. The van der Waals surface area contributed by atoms with Gasteiger partial charge in [0.2, 0.25) is 0 Å².